The van der Waals surface area contributed by atoms with Crippen molar-refractivity contribution in [3.63, 3.8) is 0 Å². The first kappa shape index (κ1) is 14.2. The second-order valence-electron chi connectivity index (χ2n) is 4.92. The van der Waals surface area contributed by atoms with Crippen molar-refractivity contribution in [1.29, 1.82) is 0 Å². The molecular formula is C14H18F3NO. The van der Waals surface area contributed by atoms with Crippen molar-refractivity contribution < 1.29 is 17.9 Å². The van der Waals surface area contributed by atoms with E-state index in [1.54, 1.807) is 6.07 Å². The third-order valence-electron chi connectivity index (χ3n) is 3.35. The van der Waals surface area contributed by atoms with Crippen molar-refractivity contribution in [2.75, 3.05) is 13.2 Å². The van der Waals surface area contributed by atoms with Crippen LogP contribution in [0.15, 0.2) is 24.3 Å². The molecule has 0 saturated heterocycles. The van der Waals surface area contributed by atoms with Gasteiger partial charge in [-0.3, -0.25) is 0 Å². The molecule has 5 heteroatoms. The average molecular weight is 273 g/mol. The third kappa shape index (κ3) is 4.13. The number of benzene rings is 1. The number of halogens is 3. The molecule has 0 amide bonds. The number of hydrogen-bond donors (Lipinski definition) is 1. The maximum absolute atomic E-state index is 12.7. The SMILES string of the molecule is CC(NCCOc1ccccc1C(F)(F)F)C1CC1. The van der Waals surface area contributed by atoms with E-state index in [-0.39, 0.29) is 12.4 Å². The lowest BCUT2D eigenvalue weighted by Gasteiger charge is -2.15. The van der Waals surface area contributed by atoms with E-state index in [2.05, 4.69) is 12.2 Å². The van der Waals surface area contributed by atoms with Crippen molar-refractivity contribution in [3.05, 3.63) is 29.8 Å². The highest BCUT2D eigenvalue weighted by Gasteiger charge is 2.34. The standard InChI is InChI=1S/C14H18F3NO/c1-10(11-6-7-11)18-8-9-19-13-5-3-2-4-12(13)14(15,16)17/h2-5,10-11,18H,6-9H2,1H3. The number of para-hydroxylation sites is 1. The zero-order valence-corrected chi connectivity index (χ0v) is 10.8. The van der Waals surface area contributed by atoms with Gasteiger partial charge in [0.25, 0.3) is 0 Å². The van der Waals surface area contributed by atoms with Crippen LogP contribution in [-0.4, -0.2) is 19.2 Å². The van der Waals surface area contributed by atoms with Crippen LogP contribution < -0.4 is 10.1 Å². The van der Waals surface area contributed by atoms with Crippen molar-refractivity contribution in [2.45, 2.75) is 32.0 Å². The summed E-state index contributed by atoms with van der Waals surface area (Å²) in [5, 5.41) is 3.27. The highest BCUT2D eigenvalue weighted by atomic mass is 19.4. The monoisotopic (exact) mass is 273 g/mol. The van der Waals surface area contributed by atoms with E-state index in [0.717, 1.165) is 12.0 Å². The number of ether oxygens (including phenoxy) is 1. The van der Waals surface area contributed by atoms with E-state index in [0.29, 0.717) is 12.6 Å². The maximum Gasteiger partial charge on any atom is 0.419 e. The van der Waals surface area contributed by atoms with Gasteiger partial charge in [-0.25, -0.2) is 0 Å². The first-order valence-electron chi connectivity index (χ1n) is 6.51. The van der Waals surface area contributed by atoms with Gasteiger partial charge in [-0.15, -0.1) is 0 Å². The number of nitrogens with one attached hydrogen (secondary N) is 1. The number of alkyl halides is 3. The molecule has 106 valence electrons. The Hall–Kier alpha value is -1.23. The van der Waals surface area contributed by atoms with Crippen LogP contribution in [0.2, 0.25) is 0 Å². The summed E-state index contributed by atoms with van der Waals surface area (Å²) in [6.07, 6.45) is -1.89. The Labute approximate surface area is 111 Å². The van der Waals surface area contributed by atoms with Gasteiger partial charge in [-0.1, -0.05) is 12.1 Å². The fourth-order valence-corrected chi connectivity index (χ4v) is 2.04. The lowest BCUT2D eigenvalue weighted by molar-refractivity contribution is -0.138. The molecule has 1 unspecified atom stereocenters. The van der Waals surface area contributed by atoms with E-state index in [1.165, 1.54) is 25.0 Å². The molecule has 0 aliphatic heterocycles. The van der Waals surface area contributed by atoms with Gasteiger partial charge < -0.3 is 10.1 Å². The number of hydrogen-bond acceptors (Lipinski definition) is 2. The summed E-state index contributed by atoms with van der Waals surface area (Å²) >= 11 is 0. The van der Waals surface area contributed by atoms with E-state index in [1.807, 2.05) is 0 Å². The molecule has 19 heavy (non-hydrogen) atoms. The minimum Gasteiger partial charge on any atom is -0.492 e. The van der Waals surface area contributed by atoms with Gasteiger partial charge in [-0.05, 0) is 37.8 Å². The summed E-state index contributed by atoms with van der Waals surface area (Å²) in [5.74, 6) is 0.623. The van der Waals surface area contributed by atoms with Crippen LogP contribution in [0.4, 0.5) is 13.2 Å². The molecule has 1 atom stereocenters. The highest BCUT2D eigenvalue weighted by molar-refractivity contribution is 5.35. The van der Waals surface area contributed by atoms with Crippen LogP contribution in [-0.2, 0) is 6.18 Å². The van der Waals surface area contributed by atoms with Gasteiger partial charge in [-0.2, -0.15) is 13.2 Å². The zero-order valence-electron chi connectivity index (χ0n) is 10.8. The van der Waals surface area contributed by atoms with Gasteiger partial charge in [0, 0.05) is 12.6 Å². The Bertz CT molecular complexity index is 415. The summed E-state index contributed by atoms with van der Waals surface area (Å²) in [5.41, 5.74) is -0.717. The van der Waals surface area contributed by atoms with Crippen molar-refractivity contribution in [1.82, 2.24) is 5.32 Å². The van der Waals surface area contributed by atoms with Crippen molar-refractivity contribution in [2.24, 2.45) is 5.92 Å². The molecule has 1 N–H and O–H groups in total. The molecule has 1 aromatic rings. The van der Waals surface area contributed by atoms with Gasteiger partial charge in [0.2, 0.25) is 0 Å². The van der Waals surface area contributed by atoms with Gasteiger partial charge in [0.1, 0.15) is 12.4 Å². The fourth-order valence-electron chi connectivity index (χ4n) is 2.04. The number of rotatable bonds is 6. The second kappa shape index (κ2) is 5.82. The van der Waals surface area contributed by atoms with Gasteiger partial charge in [0.15, 0.2) is 0 Å². The van der Waals surface area contributed by atoms with Crippen LogP contribution in [0.3, 0.4) is 0 Å². The fraction of sp³-hybridized carbons (Fsp3) is 0.571. The van der Waals surface area contributed by atoms with Gasteiger partial charge >= 0.3 is 6.18 Å². The van der Waals surface area contributed by atoms with Crippen LogP contribution in [0.25, 0.3) is 0 Å². The van der Waals surface area contributed by atoms with Crippen LogP contribution in [0.5, 0.6) is 5.75 Å². The highest BCUT2D eigenvalue weighted by Crippen LogP contribution is 2.35. The average Bonchev–Trinajstić information content (AvgIpc) is 3.18. The Balaban J connectivity index is 1.82. The Morgan fingerprint density at radius 2 is 2.00 bits per heavy atom. The zero-order chi connectivity index (χ0) is 13.9. The molecular weight excluding hydrogens is 255 g/mol. The third-order valence-corrected chi connectivity index (χ3v) is 3.35. The quantitative estimate of drug-likeness (QED) is 0.801. The van der Waals surface area contributed by atoms with E-state index >= 15 is 0 Å². The molecule has 2 rings (SSSR count). The van der Waals surface area contributed by atoms with Crippen LogP contribution in [0.1, 0.15) is 25.3 Å². The lowest BCUT2D eigenvalue weighted by atomic mass is 10.2. The van der Waals surface area contributed by atoms with E-state index in [4.69, 9.17) is 4.74 Å². The predicted octanol–water partition coefficient (Wildman–Crippen LogP) is 3.47. The molecule has 1 saturated carbocycles. The summed E-state index contributed by atoms with van der Waals surface area (Å²) in [7, 11) is 0. The molecule has 1 aromatic carbocycles. The maximum atomic E-state index is 12.7. The lowest BCUT2D eigenvalue weighted by Crippen LogP contribution is -2.31. The summed E-state index contributed by atoms with van der Waals surface area (Å²) in [6, 6.07) is 5.72. The Morgan fingerprint density at radius 1 is 1.32 bits per heavy atom. The summed E-state index contributed by atoms with van der Waals surface area (Å²) < 4.78 is 43.3. The predicted molar refractivity (Wildman–Crippen MR) is 67.1 cm³/mol. The first-order chi connectivity index (χ1) is 8.98. The van der Waals surface area contributed by atoms with Crippen molar-refractivity contribution >= 4 is 0 Å². The molecule has 0 radical (unpaired) electrons. The second-order valence-corrected chi connectivity index (χ2v) is 4.92. The summed E-state index contributed by atoms with van der Waals surface area (Å²) in [6.45, 7) is 2.90. The molecule has 1 fully saturated rings. The Morgan fingerprint density at radius 3 is 2.63 bits per heavy atom. The smallest absolute Gasteiger partial charge is 0.419 e. The normalized spacial score (nSPS) is 17.3. The first-order valence-corrected chi connectivity index (χ1v) is 6.51. The van der Waals surface area contributed by atoms with E-state index in [9.17, 15) is 13.2 Å². The Kier molecular flexibility index (Phi) is 4.34. The molecule has 2 nitrogen and oxygen atoms in total. The largest absolute Gasteiger partial charge is 0.492 e. The molecule has 0 heterocycles. The molecule has 0 spiro atoms. The van der Waals surface area contributed by atoms with Crippen LogP contribution in [0, 0.1) is 5.92 Å². The minimum absolute atomic E-state index is 0.101. The van der Waals surface area contributed by atoms with Crippen molar-refractivity contribution in [3.8, 4) is 5.75 Å². The molecule has 1 aliphatic rings. The summed E-state index contributed by atoms with van der Waals surface area (Å²) in [4.78, 5) is 0. The van der Waals surface area contributed by atoms with Gasteiger partial charge in [0.05, 0.1) is 5.56 Å². The minimum atomic E-state index is -4.37. The molecule has 0 aromatic heterocycles. The topological polar surface area (TPSA) is 21.3 Å². The van der Waals surface area contributed by atoms with Crippen LogP contribution >= 0.6 is 0 Å². The molecule has 0 bridgehead atoms. The molecule has 1 aliphatic carbocycles. The van der Waals surface area contributed by atoms with E-state index < -0.39 is 11.7 Å².